The molecule has 6 heteroatoms. The van der Waals surface area contributed by atoms with Gasteiger partial charge in [-0.1, -0.05) is 0 Å². The molecule has 88 valence electrons. The molecule has 1 aromatic heterocycles. The highest BCUT2D eigenvalue weighted by Gasteiger charge is 2.21. The maximum atomic E-state index is 11.4. The van der Waals surface area contributed by atoms with Crippen LogP contribution in [0.1, 0.15) is 28.5 Å². The van der Waals surface area contributed by atoms with Gasteiger partial charge in [0.25, 0.3) is 5.56 Å². The minimum absolute atomic E-state index is 0.0973. The number of aliphatic hydroxyl groups excluding tert-OH is 1. The number of carbonyl (C=O) groups is 1. The van der Waals surface area contributed by atoms with E-state index in [2.05, 4.69) is 9.72 Å². The van der Waals surface area contributed by atoms with Gasteiger partial charge >= 0.3 is 5.97 Å². The van der Waals surface area contributed by atoms with Crippen LogP contribution in [-0.4, -0.2) is 27.8 Å². The number of esters is 1. The second-order valence-corrected chi connectivity index (χ2v) is 3.16. The Balaban J connectivity index is 3.39. The van der Waals surface area contributed by atoms with E-state index in [0.29, 0.717) is 5.69 Å². The molecule has 6 nitrogen and oxygen atoms in total. The molecule has 0 aliphatic carbocycles. The van der Waals surface area contributed by atoms with Gasteiger partial charge in [-0.15, -0.1) is 0 Å². The lowest BCUT2D eigenvalue weighted by Crippen LogP contribution is -2.22. The van der Waals surface area contributed by atoms with Crippen molar-refractivity contribution in [1.82, 2.24) is 4.98 Å². The fraction of sp³-hybridized carbons (Fsp3) is 0.400. The van der Waals surface area contributed by atoms with Crippen LogP contribution < -0.4 is 5.56 Å². The number of pyridine rings is 1. The Bertz CT molecular complexity index is 463. The maximum absolute atomic E-state index is 11.4. The molecule has 0 saturated carbocycles. The Kier molecular flexibility index (Phi) is 3.68. The fourth-order valence-corrected chi connectivity index (χ4v) is 1.33. The molecule has 1 aromatic rings. The highest BCUT2D eigenvalue weighted by molar-refractivity contribution is 5.92. The van der Waals surface area contributed by atoms with Crippen molar-refractivity contribution in [3.05, 3.63) is 27.2 Å². The molecule has 0 aliphatic heterocycles. The quantitative estimate of drug-likeness (QED) is 0.634. The Morgan fingerprint density at radius 3 is 2.62 bits per heavy atom. The largest absolute Gasteiger partial charge is 0.506 e. The zero-order valence-electron chi connectivity index (χ0n) is 9.03. The summed E-state index contributed by atoms with van der Waals surface area (Å²) in [4.78, 5) is 25.2. The number of aromatic nitrogens is 1. The number of ether oxygens (including phenoxy) is 1. The van der Waals surface area contributed by atoms with E-state index in [1.54, 1.807) is 6.92 Å². The predicted molar refractivity (Wildman–Crippen MR) is 55.3 cm³/mol. The minimum Gasteiger partial charge on any atom is -0.506 e. The first-order chi connectivity index (χ1) is 7.52. The first-order valence-electron chi connectivity index (χ1n) is 4.75. The van der Waals surface area contributed by atoms with E-state index in [9.17, 15) is 14.7 Å². The Morgan fingerprint density at radius 2 is 2.12 bits per heavy atom. The molecule has 0 saturated heterocycles. The van der Waals surface area contributed by atoms with E-state index in [0.717, 1.165) is 0 Å². The molecule has 0 aromatic carbocycles. The number of carbonyl (C=O) groups excluding carboxylic acids is 1. The smallest absolute Gasteiger partial charge is 0.347 e. The summed E-state index contributed by atoms with van der Waals surface area (Å²) in [6.45, 7) is 2.73. The van der Waals surface area contributed by atoms with Crippen LogP contribution in [0.15, 0.2) is 4.79 Å². The van der Waals surface area contributed by atoms with Gasteiger partial charge in [0.15, 0.2) is 5.56 Å². The monoisotopic (exact) mass is 227 g/mol. The third kappa shape index (κ3) is 2.06. The van der Waals surface area contributed by atoms with Crippen LogP contribution in [0.25, 0.3) is 0 Å². The number of aryl methyl sites for hydroxylation is 1. The molecular formula is C10H13NO5. The van der Waals surface area contributed by atoms with Gasteiger partial charge in [0.05, 0.1) is 13.2 Å². The Labute approximate surface area is 91.5 Å². The highest BCUT2D eigenvalue weighted by atomic mass is 16.5. The van der Waals surface area contributed by atoms with Crippen molar-refractivity contribution < 1.29 is 19.7 Å². The summed E-state index contributed by atoms with van der Waals surface area (Å²) in [6, 6.07) is 0. The number of H-pyrrole nitrogens is 1. The standard InChI is InChI=1S/C10H13NO5/c1-3-16-10(15)7-8(13)6(4-12)5(2)11-9(7)14/h12H,3-4H2,1-2H3,(H2,11,13,14). The van der Waals surface area contributed by atoms with Gasteiger partial charge < -0.3 is 19.9 Å². The molecule has 0 fully saturated rings. The summed E-state index contributed by atoms with van der Waals surface area (Å²) in [7, 11) is 0. The number of nitrogens with one attached hydrogen (secondary N) is 1. The molecule has 0 atom stereocenters. The van der Waals surface area contributed by atoms with Crippen molar-refractivity contribution in [2.24, 2.45) is 0 Å². The average molecular weight is 227 g/mol. The van der Waals surface area contributed by atoms with Crippen molar-refractivity contribution in [1.29, 1.82) is 0 Å². The second-order valence-electron chi connectivity index (χ2n) is 3.16. The third-order valence-electron chi connectivity index (χ3n) is 2.14. The number of aliphatic hydroxyl groups is 1. The molecular weight excluding hydrogens is 214 g/mol. The fourth-order valence-electron chi connectivity index (χ4n) is 1.33. The molecule has 0 spiro atoms. The van der Waals surface area contributed by atoms with Crippen LogP contribution in [0.3, 0.4) is 0 Å². The van der Waals surface area contributed by atoms with E-state index >= 15 is 0 Å². The lowest BCUT2D eigenvalue weighted by Gasteiger charge is -2.09. The SMILES string of the molecule is CCOC(=O)c1c(O)c(CO)c(C)[nH]c1=O. The summed E-state index contributed by atoms with van der Waals surface area (Å²) in [5.41, 5.74) is -0.775. The number of hydrogen-bond acceptors (Lipinski definition) is 5. The highest BCUT2D eigenvalue weighted by Crippen LogP contribution is 2.22. The van der Waals surface area contributed by atoms with Gasteiger partial charge in [0.2, 0.25) is 0 Å². The normalized spacial score (nSPS) is 10.2. The third-order valence-corrected chi connectivity index (χ3v) is 2.14. The lowest BCUT2D eigenvalue weighted by molar-refractivity contribution is 0.0520. The van der Waals surface area contributed by atoms with E-state index in [1.165, 1.54) is 6.92 Å². The van der Waals surface area contributed by atoms with Gasteiger partial charge in [0.1, 0.15) is 5.75 Å². The summed E-state index contributed by atoms with van der Waals surface area (Å²) in [5, 5.41) is 18.7. The van der Waals surface area contributed by atoms with Crippen molar-refractivity contribution in [2.45, 2.75) is 20.5 Å². The van der Waals surface area contributed by atoms with E-state index in [4.69, 9.17) is 5.11 Å². The zero-order chi connectivity index (χ0) is 12.3. The number of aromatic hydroxyl groups is 1. The molecule has 0 bridgehead atoms. The van der Waals surface area contributed by atoms with Crippen LogP contribution in [0.5, 0.6) is 5.75 Å². The molecule has 3 N–H and O–H groups in total. The Hall–Kier alpha value is -1.82. The number of aromatic amines is 1. The van der Waals surface area contributed by atoms with Gasteiger partial charge in [-0.25, -0.2) is 4.79 Å². The molecule has 16 heavy (non-hydrogen) atoms. The van der Waals surface area contributed by atoms with E-state index in [-0.39, 0.29) is 12.2 Å². The Morgan fingerprint density at radius 1 is 1.50 bits per heavy atom. The van der Waals surface area contributed by atoms with Crippen LogP contribution in [0, 0.1) is 6.92 Å². The van der Waals surface area contributed by atoms with Crippen molar-refractivity contribution in [3.63, 3.8) is 0 Å². The van der Waals surface area contributed by atoms with E-state index < -0.39 is 29.4 Å². The van der Waals surface area contributed by atoms with Gasteiger partial charge in [-0.05, 0) is 13.8 Å². The summed E-state index contributed by atoms with van der Waals surface area (Å²) in [5.74, 6) is -1.43. The van der Waals surface area contributed by atoms with Crippen LogP contribution in [0.2, 0.25) is 0 Å². The van der Waals surface area contributed by atoms with E-state index in [1.807, 2.05) is 0 Å². The van der Waals surface area contributed by atoms with Crippen molar-refractivity contribution >= 4 is 5.97 Å². The summed E-state index contributed by atoms with van der Waals surface area (Å²) in [6.07, 6.45) is 0. The average Bonchev–Trinajstić information content (AvgIpc) is 2.17. The summed E-state index contributed by atoms with van der Waals surface area (Å²) >= 11 is 0. The first-order valence-corrected chi connectivity index (χ1v) is 4.75. The predicted octanol–water partition coefficient (Wildman–Crippen LogP) is 0.0579. The number of rotatable bonds is 3. The molecule has 1 heterocycles. The lowest BCUT2D eigenvalue weighted by atomic mass is 10.1. The van der Waals surface area contributed by atoms with Crippen LogP contribution >= 0.6 is 0 Å². The van der Waals surface area contributed by atoms with Gasteiger partial charge in [-0.2, -0.15) is 0 Å². The van der Waals surface area contributed by atoms with Crippen molar-refractivity contribution in [2.75, 3.05) is 6.61 Å². The molecule has 0 unspecified atom stereocenters. The van der Waals surface area contributed by atoms with Crippen LogP contribution in [0.4, 0.5) is 0 Å². The maximum Gasteiger partial charge on any atom is 0.347 e. The molecule has 0 radical (unpaired) electrons. The number of hydrogen-bond donors (Lipinski definition) is 3. The second kappa shape index (κ2) is 4.80. The first kappa shape index (κ1) is 12.3. The molecule has 1 rings (SSSR count). The zero-order valence-corrected chi connectivity index (χ0v) is 9.03. The van der Waals surface area contributed by atoms with Crippen LogP contribution in [-0.2, 0) is 11.3 Å². The topological polar surface area (TPSA) is 99.6 Å². The molecule has 0 aliphatic rings. The molecule has 0 amide bonds. The van der Waals surface area contributed by atoms with Gasteiger partial charge in [0, 0.05) is 11.3 Å². The van der Waals surface area contributed by atoms with Gasteiger partial charge in [-0.3, -0.25) is 4.79 Å². The summed E-state index contributed by atoms with van der Waals surface area (Å²) < 4.78 is 4.63. The minimum atomic E-state index is -0.907. The van der Waals surface area contributed by atoms with Crippen molar-refractivity contribution in [3.8, 4) is 5.75 Å².